The molecule has 3 aromatic rings. The molecular formula is C24H27I2NO7S. The molecule has 0 aliphatic carbocycles. The molecule has 0 heterocycles. The standard InChI is InChI=1S/C13H12INO2S.C10H11IO4.CH4O/c1-11-7-9-13(10-8-11)18(16,17)15-14-12-5-3-2-4-6-12;1-8(12)14-11(15-9(2)13)10-6-4-3-5-7-10;1-2/h2-10H,1H3;3-7H,1-2H3;2H,1H3. The van der Waals surface area contributed by atoms with Crippen LogP contribution in [0.1, 0.15) is 19.4 Å². The first-order valence-electron chi connectivity index (χ1n) is 9.98. The summed E-state index contributed by atoms with van der Waals surface area (Å²) in [7, 11) is -2.50. The van der Waals surface area contributed by atoms with Crippen LogP contribution in [0.25, 0.3) is 0 Å². The molecule has 0 spiro atoms. The van der Waals surface area contributed by atoms with Crippen LogP contribution in [-0.2, 0) is 25.7 Å². The minimum Gasteiger partial charge on any atom is -0.400 e. The minimum atomic E-state index is -3.50. The molecule has 0 bridgehead atoms. The third-order valence-electron chi connectivity index (χ3n) is 3.54. The fourth-order valence-electron chi connectivity index (χ4n) is 2.13. The van der Waals surface area contributed by atoms with E-state index in [4.69, 9.17) is 11.2 Å². The van der Waals surface area contributed by atoms with Gasteiger partial charge in [0.1, 0.15) is 0 Å². The zero-order chi connectivity index (χ0) is 26.3. The Bertz CT molecular complexity index is 1170. The molecule has 0 atom stereocenters. The van der Waals surface area contributed by atoms with Crippen molar-refractivity contribution in [3.8, 4) is 0 Å². The molecule has 0 radical (unpaired) electrons. The first-order chi connectivity index (χ1) is 16.7. The molecule has 0 unspecified atom stereocenters. The Labute approximate surface area is 224 Å². The number of carbonyl (C=O) groups excluding carboxylic acids is 2. The Morgan fingerprint density at radius 3 is 1.71 bits per heavy atom. The van der Waals surface area contributed by atoms with E-state index < -0.39 is 63.6 Å². The number of sulfonamides is 1. The number of aryl methyl sites for hydroxylation is 1. The Morgan fingerprint density at radius 2 is 1.26 bits per heavy atom. The summed E-state index contributed by atoms with van der Waals surface area (Å²) in [5, 5.41) is 7.00. The number of benzene rings is 3. The van der Waals surface area contributed by atoms with Gasteiger partial charge in [-0.25, -0.2) is 0 Å². The topological polar surface area (TPSA) is 119 Å². The van der Waals surface area contributed by atoms with Gasteiger partial charge in [0.05, 0.1) is 4.90 Å². The van der Waals surface area contributed by atoms with Crippen molar-refractivity contribution >= 4 is 63.6 Å². The SMILES string of the molecule is CC(=O)OI(OC(C)=O)c1ccccc1.CO.Cc1ccc(S(=O)(=O)N=Ic2ccccc2)cc1. The number of hydrogen-bond acceptors (Lipinski definition) is 7. The van der Waals surface area contributed by atoms with Crippen molar-refractivity contribution in [1.82, 2.24) is 0 Å². The molecule has 3 rings (SSSR count). The van der Waals surface area contributed by atoms with Gasteiger partial charge in [-0.1, -0.05) is 35.9 Å². The smallest absolute Gasteiger partial charge is 0.286 e. The van der Waals surface area contributed by atoms with Gasteiger partial charge in [0, 0.05) is 31.7 Å². The molecule has 0 saturated carbocycles. The number of aliphatic hydroxyl groups excluding tert-OH is 1. The van der Waals surface area contributed by atoms with Crippen LogP contribution in [0.5, 0.6) is 0 Å². The molecule has 0 aromatic heterocycles. The monoisotopic (exact) mass is 727 g/mol. The van der Waals surface area contributed by atoms with Gasteiger partial charge in [-0.15, -0.1) is 2.55 Å². The predicted octanol–water partition coefficient (Wildman–Crippen LogP) is 5.64. The number of halogens is 2. The first-order valence-corrected chi connectivity index (χ1v) is 16.3. The summed E-state index contributed by atoms with van der Waals surface area (Å²) in [5.74, 6) is -0.851. The van der Waals surface area contributed by atoms with Gasteiger partial charge in [-0.2, -0.15) is 8.42 Å². The fraction of sp³-hybridized carbons (Fsp3) is 0.167. The summed E-state index contributed by atoms with van der Waals surface area (Å²) < 4.78 is 39.7. The zero-order valence-corrected chi connectivity index (χ0v) is 24.7. The van der Waals surface area contributed by atoms with Gasteiger partial charge in [0.2, 0.25) is 0 Å². The van der Waals surface area contributed by atoms with Crippen LogP contribution in [0.4, 0.5) is 0 Å². The summed E-state index contributed by atoms with van der Waals surface area (Å²) in [6, 6.07) is 25.3. The molecule has 3 aromatic carbocycles. The van der Waals surface area contributed by atoms with Crippen LogP contribution in [0.2, 0.25) is 0 Å². The van der Waals surface area contributed by atoms with E-state index in [1.807, 2.05) is 55.5 Å². The first kappa shape index (κ1) is 30.8. The molecule has 11 heteroatoms. The number of aliphatic hydroxyl groups is 1. The molecule has 8 nitrogen and oxygen atoms in total. The van der Waals surface area contributed by atoms with Crippen LogP contribution in [-0.4, -0.2) is 32.6 Å². The van der Waals surface area contributed by atoms with E-state index in [1.54, 1.807) is 36.4 Å². The number of carbonyl (C=O) groups is 2. The van der Waals surface area contributed by atoms with Crippen LogP contribution in [0.3, 0.4) is 0 Å². The van der Waals surface area contributed by atoms with Gasteiger partial charge in [-0.05, 0) is 31.2 Å². The fourth-order valence-corrected chi connectivity index (χ4v) is 8.46. The van der Waals surface area contributed by atoms with Gasteiger partial charge in [-0.3, -0.25) is 0 Å². The summed E-state index contributed by atoms with van der Waals surface area (Å²) in [5.41, 5.74) is 1.03. The summed E-state index contributed by atoms with van der Waals surface area (Å²) in [4.78, 5) is 21.9. The van der Waals surface area contributed by atoms with E-state index in [0.29, 0.717) is 0 Å². The Hall–Kier alpha value is -2.23. The molecule has 35 heavy (non-hydrogen) atoms. The summed E-state index contributed by atoms with van der Waals surface area (Å²) in [6.07, 6.45) is 0. The van der Waals surface area contributed by atoms with Crippen molar-refractivity contribution in [3.63, 3.8) is 0 Å². The third kappa shape index (κ3) is 12.3. The van der Waals surface area contributed by atoms with E-state index in [0.717, 1.165) is 19.8 Å². The Kier molecular flexibility index (Phi) is 14.5. The van der Waals surface area contributed by atoms with Gasteiger partial charge in [0.15, 0.2) is 0 Å². The van der Waals surface area contributed by atoms with Crippen molar-refractivity contribution in [1.29, 1.82) is 0 Å². The van der Waals surface area contributed by atoms with Crippen molar-refractivity contribution in [3.05, 3.63) is 97.6 Å². The van der Waals surface area contributed by atoms with Crippen LogP contribution < -0.4 is 0 Å². The molecular weight excluding hydrogens is 700 g/mol. The second kappa shape index (κ2) is 16.4. The number of nitrogens with zero attached hydrogens (tertiary/aromatic N) is 1. The normalized spacial score (nSPS) is 10.9. The maximum absolute atomic E-state index is 12.0. The molecule has 0 aliphatic heterocycles. The maximum atomic E-state index is 12.0. The maximum Gasteiger partial charge on any atom is 0.286 e. The van der Waals surface area contributed by atoms with Gasteiger partial charge in [0.25, 0.3) is 10.0 Å². The van der Waals surface area contributed by atoms with E-state index in [2.05, 4.69) is 2.55 Å². The summed E-state index contributed by atoms with van der Waals surface area (Å²) >= 11 is -3.45. The number of rotatable bonds is 6. The van der Waals surface area contributed by atoms with E-state index in [9.17, 15) is 18.0 Å². The van der Waals surface area contributed by atoms with Crippen molar-refractivity contribution in [2.75, 3.05) is 7.11 Å². The van der Waals surface area contributed by atoms with E-state index in [-0.39, 0.29) is 4.90 Å². The third-order valence-corrected chi connectivity index (χ3v) is 11.9. The molecule has 0 saturated heterocycles. The minimum absolute atomic E-state index is 0.267. The average Bonchev–Trinajstić information content (AvgIpc) is 2.85. The van der Waals surface area contributed by atoms with Crippen molar-refractivity contribution in [2.45, 2.75) is 25.7 Å². The Morgan fingerprint density at radius 1 is 0.800 bits per heavy atom. The second-order valence-electron chi connectivity index (χ2n) is 6.39. The molecule has 0 amide bonds. The molecule has 0 fully saturated rings. The van der Waals surface area contributed by atoms with Crippen LogP contribution >= 0.6 is 41.7 Å². The van der Waals surface area contributed by atoms with Crippen molar-refractivity contribution < 1.29 is 29.2 Å². The largest absolute Gasteiger partial charge is 0.400 e. The zero-order valence-electron chi connectivity index (χ0n) is 19.6. The van der Waals surface area contributed by atoms with Crippen LogP contribution in [0, 0.1) is 14.1 Å². The van der Waals surface area contributed by atoms with Gasteiger partial charge >= 0.3 is 96.1 Å². The van der Waals surface area contributed by atoms with Crippen LogP contribution in [0.15, 0.2) is 92.4 Å². The molecule has 1 N–H and O–H groups in total. The number of hydrogen-bond donors (Lipinski definition) is 1. The molecule has 190 valence electrons. The quantitative estimate of drug-likeness (QED) is 0.327. The predicted molar refractivity (Wildman–Crippen MR) is 151 cm³/mol. The van der Waals surface area contributed by atoms with Crippen molar-refractivity contribution in [2.24, 2.45) is 2.55 Å². The molecule has 0 aliphatic rings. The van der Waals surface area contributed by atoms with E-state index in [1.165, 1.54) is 13.8 Å². The van der Waals surface area contributed by atoms with Gasteiger partial charge < -0.3 is 5.11 Å². The average molecular weight is 727 g/mol. The summed E-state index contributed by atoms with van der Waals surface area (Å²) in [6.45, 7) is 4.53. The van der Waals surface area contributed by atoms with E-state index >= 15 is 0 Å². The second-order valence-corrected chi connectivity index (χ2v) is 14.2. The Balaban J connectivity index is 0.000000332.